The molecule has 2 N–H and O–H groups in total. The molecule has 3 aromatic rings. The Labute approximate surface area is 167 Å². The third-order valence-corrected chi connectivity index (χ3v) is 5.52. The molecule has 1 fully saturated rings. The van der Waals surface area contributed by atoms with E-state index in [9.17, 15) is 13.6 Å². The van der Waals surface area contributed by atoms with Gasteiger partial charge in [-0.3, -0.25) is 10.1 Å². The van der Waals surface area contributed by atoms with E-state index in [1.165, 1.54) is 12.1 Å². The Morgan fingerprint density at radius 1 is 1.21 bits per heavy atom. The second-order valence-electron chi connectivity index (χ2n) is 6.53. The minimum Gasteiger partial charge on any atom is -0.395 e. The number of alkyl halides is 2. The standard InChI is InChI=1S/C18H15F2N5O3S/c19-18(20)27-13-8-11-12(9-14(13)28-18)23-17(22-11)24-16(26)10-1-2-21-15(7-10)25-3-5-29-6-4-25/h1-2,7-9H,3-6H2,(H2,22,23,24,26). The number of fused-ring (bicyclic) bond motifs is 2. The van der Waals surface area contributed by atoms with Crippen LogP contribution in [0.3, 0.4) is 0 Å². The molecule has 2 aromatic heterocycles. The fourth-order valence-corrected chi connectivity index (χ4v) is 4.12. The van der Waals surface area contributed by atoms with Crippen molar-refractivity contribution in [3.63, 3.8) is 0 Å². The molecule has 1 aromatic carbocycles. The Bertz CT molecular complexity index is 1060. The third-order valence-electron chi connectivity index (χ3n) is 4.58. The maximum absolute atomic E-state index is 13.2. The Hall–Kier alpha value is -3.08. The molecular weight excluding hydrogens is 404 g/mol. The van der Waals surface area contributed by atoms with Gasteiger partial charge in [0, 0.05) is 48.5 Å². The molecule has 0 spiro atoms. The molecule has 8 nitrogen and oxygen atoms in total. The van der Waals surface area contributed by atoms with Gasteiger partial charge < -0.3 is 19.4 Å². The Morgan fingerprint density at radius 3 is 2.76 bits per heavy atom. The monoisotopic (exact) mass is 419 g/mol. The second kappa shape index (κ2) is 6.76. The summed E-state index contributed by atoms with van der Waals surface area (Å²) in [5.41, 5.74) is 1.24. The summed E-state index contributed by atoms with van der Waals surface area (Å²) in [6.45, 7) is 1.78. The number of aromatic nitrogens is 3. The molecule has 0 radical (unpaired) electrons. The van der Waals surface area contributed by atoms with Gasteiger partial charge in [-0.15, -0.1) is 8.78 Å². The molecule has 29 heavy (non-hydrogen) atoms. The highest BCUT2D eigenvalue weighted by Gasteiger charge is 2.43. The summed E-state index contributed by atoms with van der Waals surface area (Å²) in [4.78, 5) is 26.2. The maximum Gasteiger partial charge on any atom is 0.586 e. The summed E-state index contributed by atoms with van der Waals surface area (Å²) in [6.07, 6.45) is -2.09. The van der Waals surface area contributed by atoms with E-state index in [0.29, 0.717) is 16.6 Å². The van der Waals surface area contributed by atoms with Crippen molar-refractivity contribution in [1.29, 1.82) is 0 Å². The molecule has 11 heteroatoms. The predicted molar refractivity (Wildman–Crippen MR) is 104 cm³/mol. The lowest BCUT2D eigenvalue weighted by Crippen LogP contribution is -2.33. The van der Waals surface area contributed by atoms with E-state index in [-0.39, 0.29) is 23.4 Å². The summed E-state index contributed by atoms with van der Waals surface area (Å²) >= 11 is 1.89. The first-order valence-corrected chi connectivity index (χ1v) is 10.0. The van der Waals surface area contributed by atoms with Crippen molar-refractivity contribution in [2.75, 3.05) is 34.8 Å². The average molecular weight is 419 g/mol. The molecular formula is C18H15F2N5O3S. The normalized spacial score (nSPS) is 17.5. The van der Waals surface area contributed by atoms with Crippen LogP contribution in [0.5, 0.6) is 11.5 Å². The first-order chi connectivity index (χ1) is 14.0. The number of pyridine rings is 1. The lowest BCUT2D eigenvalue weighted by molar-refractivity contribution is -0.286. The van der Waals surface area contributed by atoms with E-state index in [0.717, 1.165) is 30.4 Å². The number of H-pyrrole nitrogens is 1. The van der Waals surface area contributed by atoms with Crippen LogP contribution in [0.1, 0.15) is 10.4 Å². The van der Waals surface area contributed by atoms with Gasteiger partial charge in [-0.05, 0) is 12.1 Å². The minimum absolute atomic E-state index is 0.0949. The van der Waals surface area contributed by atoms with Gasteiger partial charge in [0.1, 0.15) is 5.82 Å². The van der Waals surface area contributed by atoms with Crippen LogP contribution in [0.25, 0.3) is 11.0 Å². The molecule has 1 saturated heterocycles. The topological polar surface area (TPSA) is 92.4 Å². The molecule has 0 saturated carbocycles. The van der Waals surface area contributed by atoms with E-state index in [1.54, 1.807) is 18.3 Å². The van der Waals surface area contributed by atoms with Crippen molar-refractivity contribution >= 4 is 40.5 Å². The summed E-state index contributed by atoms with van der Waals surface area (Å²) < 4.78 is 35.2. The lowest BCUT2D eigenvalue weighted by atomic mass is 10.2. The minimum atomic E-state index is -3.69. The molecule has 0 unspecified atom stereocenters. The number of hydrogen-bond donors (Lipinski definition) is 2. The molecule has 0 bridgehead atoms. The van der Waals surface area contributed by atoms with Gasteiger partial charge >= 0.3 is 6.29 Å². The van der Waals surface area contributed by atoms with Crippen LogP contribution >= 0.6 is 11.8 Å². The maximum atomic E-state index is 13.2. The second-order valence-corrected chi connectivity index (χ2v) is 7.75. The van der Waals surface area contributed by atoms with Crippen molar-refractivity contribution in [2.24, 2.45) is 0 Å². The summed E-state index contributed by atoms with van der Waals surface area (Å²) in [6, 6.07) is 6.05. The van der Waals surface area contributed by atoms with E-state index in [2.05, 4.69) is 34.6 Å². The first kappa shape index (κ1) is 18.0. The summed E-state index contributed by atoms with van der Waals surface area (Å²) in [5.74, 6) is 2.45. The average Bonchev–Trinajstić information content (AvgIpc) is 3.23. The molecule has 2 aliphatic rings. The number of hydrogen-bond acceptors (Lipinski definition) is 7. The van der Waals surface area contributed by atoms with Crippen LogP contribution in [-0.4, -0.2) is 51.7 Å². The molecule has 1 amide bonds. The number of rotatable bonds is 3. The van der Waals surface area contributed by atoms with E-state index in [4.69, 9.17) is 0 Å². The van der Waals surface area contributed by atoms with Crippen molar-refractivity contribution < 1.29 is 23.0 Å². The van der Waals surface area contributed by atoms with Crippen molar-refractivity contribution in [3.05, 3.63) is 36.0 Å². The summed E-state index contributed by atoms with van der Waals surface area (Å²) in [7, 11) is 0. The number of benzene rings is 1. The smallest absolute Gasteiger partial charge is 0.395 e. The number of amides is 1. The number of ether oxygens (including phenoxy) is 2. The van der Waals surface area contributed by atoms with Crippen LogP contribution in [0.15, 0.2) is 30.5 Å². The van der Waals surface area contributed by atoms with Crippen molar-refractivity contribution in [2.45, 2.75) is 6.29 Å². The Balaban J connectivity index is 1.35. The number of halogens is 2. The SMILES string of the molecule is O=C(Nc1nc2cc3c(cc2[nH]1)OC(F)(F)O3)c1ccnc(N2CCSCC2)c1. The fourth-order valence-electron chi connectivity index (χ4n) is 3.22. The van der Waals surface area contributed by atoms with Crippen molar-refractivity contribution in [3.8, 4) is 11.5 Å². The van der Waals surface area contributed by atoms with Crippen LogP contribution in [0.4, 0.5) is 20.5 Å². The van der Waals surface area contributed by atoms with Gasteiger partial charge in [0.25, 0.3) is 5.91 Å². The number of carbonyl (C=O) groups excluding carboxylic acids is 1. The molecule has 0 atom stereocenters. The molecule has 0 aliphatic carbocycles. The highest BCUT2D eigenvalue weighted by Crippen LogP contribution is 2.42. The molecule has 5 rings (SSSR count). The van der Waals surface area contributed by atoms with Crippen molar-refractivity contribution in [1.82, 2.24) is 15.0 Å². The van der Waals surface area contributed by atoms with Gasteiger partial charge in [0.15, 0.2) is 11.5 Å². The molecule has 150 valence electrons. The quantitative estimate of drug-likeness (QED) is 0.674. The third kappa shape index (κ3) is 3.53. The van der Waals surface area contributed by atoms with E-state index < -0.39 is 6.29 Å². The van der Waals surface area contributed by atoms with Crippen LogP contribution in [0.2, 0.25) is 0 Å². The molecule has 4 heterocycles. The van der Waals surface area contributed by atoms with Crippen LogP contribution in [0, 0.1) is 0 Å². The number of carbonyl (C=O) groups is 1. The number of anilines is 2. The Kier molecular flexibility index (Phi) is 4.19. The molecule has 2 aliphatic heterocycles. The zero-order valence-electron chi connectivity index (χ0n) is 14.9. The highest BCUT2D eigenvalue weighted by molar-refractivity contribution is 7.99. The van der Waals surface area contributed by atoms with Gasteiger partial charge in [-0.2, -0.15) is 11.8 Å². The number of nitrogens with zero attached hydrogens (tertiary/aromatic N) is 3. The van der Waals surface area contributed by atoms with E-state index in [1.807, 2.05) is 11.8 Å². The first-order valence-electron chi connectivity index (χ1n) is 8.87. The number of nitrogens with one attached hydrogen (secondary N) is 2. The zero-order chi connectivity index (χ0) is 20.0. The zero-order valence-corrected chi connectivity index (χ0v) is 15.8. The van der Waals surface area contributed by atoms with Gasteiger partial charge in [-0.1, -0.05) is 0 Å². The largest absolute Gasteiger partial charge is 0.586 e. The number of imidazole rings is 1. The highest BCUT2D eigenvalue weighted by atomic mass is 32.2. The van der Waals surface area contributed by atoms with Crippen LogP contribution in [-0.2, 0) is 0 Å². The van der Waals surface area contributed by atoms with Crippen LogP contribution < -0.4 is 19.7 Å². The Morgan fingerprint density at radius 2 is 1.97 bits per heavy atom. The summed E-state index contributed by atoms with van der Waals surface area (Å²) in [5, 5.41) is 2.68. The lowest BCUT2D eigenvalue weighted by Gasteiger charge is -2.27. The van der Waals surface area contributed by atoms with Gasteiger partial charge in [-0.25, -0.2) is 9.97 Å². The number of aromatic amines is 1. The fraction of sp³-hybridized carbons (Fsp3) is 0.278. The van der Waals surface area contributed by atoms with E-state index >= 15 is 0 Å². The van der Waals surface area contributed by atoms with Gasteiger partial charge in [0.2, 0.25) is 5.95 Å². The number of thioether (sulfide) groups is 1. The van der Waals surface area contributed by atoms with Gasteiger partial charge in [0.05, 0.1) is 11.0 Å². The predicted octanol–water partition coefficient (Wildman–Crippen LogP) is 3.08.